The number of hydrogen-bond acceptors (Lipinski definition) is 4. The Hall–Kier alpha value is -0.650. The Morgan fingerprint density at radius 1 is 1.05 bits per heavy atom. The van der Waals surface area contributed by atoms with Gasteiger partial charge in [0.05, 0.1) is 6.10 Å². The molecule has 0 aromatic carbocycles. The minimum Gasteiger partial charge on any atom is -0.479 e. The Morgan fingerprint density at radius 2 is 1.55 bits per heavy atom. The maximum atomic E-state index is 11.2. The quantitative estimate of drug-likeness (QED) is 0.690. The van der Waals surface area contributed by atoms with Gasteiger partial charge in [-0.2, -0.15) is 0 Å². The van der Waals surface area contributed by atoms with Crippen molar-refractivity contribution in [1.29, 1.82) is 0 Å². The lowest BCUT2D eigenvalue weighted by Gasteiger charge is -2.45. The van der Waals surface area contributed by atoms with Crippen molar-refractivity contribution in [2.24, 2.45) is 11.8 Å². The summed E-state index contributed by atoms with van der Waals surface area (Å²) in [5.41, 5.74) is -1.66. The summed E-state index contributed by atoms with van der Waals surface area (Å²) in [4.78, 5) is 11.2. The first kappa shape index (κ1) is 15.7. The third kappa shape index (κ3) is 3.15. The maximum Gasteiger partial charge on any atom is 0.335 e. The van der Waals surface area contributed by atoms with Gasteiger partial charge in [-0.3, -0.25) is 0 Å². The highest BCUT2D eigenvalue weighted by atomic mass is 16.6. The fraction of sp³-hybridized carbons (Fsp3) is 0.933. The van der Waals surface area contributed by atoms with Gasteiger partial charge in [-0.15, -0.1) is 0 Å². The Bertz CT molecular complexity index is 349. The Morgan fingerprint density at radius 3 is 2.00 bits per heavy atom. The first-order chi connectivity index (χ1) is 9.26. The van der Waals surface area contributed by atoms with E-state index in [2.05, 4.69) is 0 Å². The summed E-state index contributed by atoms with van der Waals surface area (Å²) in [7, 11) is 0. The molecule has 2 saturated carbocycles. The highest BCUT2D eigenvalue weighted by Crippen LogP contribution is 2.41. The number of aliphatic carboxylic acids is 1. The van der Waals surface area contributed by atoms with Crippen LogP contribution in [0.25, 0.3) is 0 Å². The molecule has 2 fully saturated rings. The van der Waals surface area contributed by atoms with E-state index >= 15 is 0 Å². The van der Waals surface area contributed by atoms with Crippen LogP contribution in [0.15, 0.2) is 0 Å². The number of aliphatic hydroxyl groups is 2. The van der Waals surface area contributed by atoms with Crippen LogP contribution >= 0.6 is 0 Å². The molecule has 5 nitrogen and oxygen atoms in total. The van der Waals surface area contributed by atoms with Crippen LogP contribution in [0.3, 0.4) is 0 Å². The van der Waals surface area contributed by atoms with Gasteiger partial charge in [0.15, 0.2) is 11.4 Å². The molecular weight excluding hydrogens is 260 g/mol. The Kier molecular flexibility index (Phi) is 4.42. The zero-order valence-corrected chi connectivity index (χ0v) is 12.3. The number of ether oxygens (including phenoxy) is 1. The zero-order valence-electron chi connectivity index (χ0n) is 12.3. The van der Waals surface area contributed by atoms with Crippen LogP contribution in [0, 0.1) is 11.8 Å². The van der Waals surface area contributed by atoms with Gasteiger partial charge >= 0.3 is 5.97 Å². The third-order valence-electron chi connectivity index (χ3n) is 4.83. The molecule has 4 atom stereocenters. The van der Waals surface area contributed by atoms with Crippen LogP contribution in [-0.2, 0) is 9.53 Å². The van der Waals surface area contributed by atoms with Gasteiger partial charge in [0, 0.05) is 12.8 Å². The Labute approximate surface area is 119 Å². The molecule has 0 spiro atoms. The minimum absolute atomic E-state index is 0.0919. The monoisotopic (exact) mass is 286 g/mol. The fourth-order valence-corrected chi connectivity index (χ4v) is 3.82. The molecule has 0 amide bonds. The first-order valence-corrected chi connectivity index (χ1v) is 7.62. The highest BCUT2D eigenvalue weighted by molar-refractivity contribution is 5.77. The number of carboxylic acids is 1. The van der Waals surface area contributed by atoms with E-state index in [-0.39, 0.29) is 30.8 Å². The van der Waals surface area contributed by atoms with Crippen molar-refractivity contribution >= 4 is 5.97 Å². The average molecular weight is 286 g/mol. The van der Waals surface area contributed by atoms with E-state index in [9.17, 15) is 15.0 Å². The van der Waals surface area contributed by atoms with Crippen molar-refractivity contribution in [3.63, 3.8) is 0 Å². The van der Waals surface area contributed by atoms with Crippen molar-refractivity contribution in [3.05, 3.63) is 0 Å². The summed E-state index contributed by atoms with van der Waals surface area (Å²) in [6.07, 6.45) is 4.49. The van der Waals surface area contributed by atoms with E-state index < -0.39 is 17.4 Å². The largest absolute Gasteiger partial charge is 0.479 e. The maximum absolute atomic E-state index is 11.2. The van der Waals surface area contributed by atoms with Gasteiger partial charge in [0.25, 0.3) is 0 Å². The number of rotatable bonds is 3. The molecule has 0 radical (unpaired) electrons. The lowest BCUT2D eigenvalue weighted by Crippen LogP contribution is -2.53. The van der Waals surface area contributed by atoms with Crippen LogP contribution < -0.4 is 0 Å². The molecule has 1 unspecified atom stereocenters. The summed E-state index contributed by atoms with van der Waals surface area (Å²) in [5, 5.41) is 29.8. The molecule has 0 heterocycles. The van der Waals surface area contributed by atoms with Gasteiger partial charge in [-0.1, -0.05) is 20.3 Å². The van der Waals surface area contributed by atoms with E-state index in [1.807, 2.05) is 13.8 Å². The standard InChI is InChI=1S/C15H26O5/c1-10-8-14(18,13(16)17)9-11(2)12(10)20-15(19)6-4-3-5-7-15/h10-12,18-19H,3-9H2,1-2H3,(H,16,17)/t10-,11?,12-,14+/m1/s1. The summed E-state index contributed by atoms with van der Waals surface area (Å²) in [6.45, 7) is 3.78. The van der Waals surface area contributed by atoms with Gasteiger partial charge in [-0.05, 0) is 37.5 Å². The molecule has 0 aromatic heterocycles. The number of hydrogen-bond donors (Lipinski definition) is 3. The van der Waals surface area contributed by atoms with E-state index in [0.717, 1.165) is 19.3 Å². The molecule has 20 heavy (non-hydrogen) atoms. The molecule has 2 aliphatic rings. The predicted molar refractivity (Wildman–Crippen MR) is 73.1 cm³/mol. The molecule has 2 rings (SSSR count). The summed E-state index contributed by atoms with van der Waals surface area (Å²) in [6, 6.07) is 0. The van der Waals surface area contributed by atoms with Crippen LogP contribution in [0.4, 0.5) is 0 Å². The average Bonchev–Trinajstić information content (AvgIpc) is 2.35. The third-order valence-corrected chi connectivity index (χ3v) is 4.83. The first-order valence-electron chi connectivity index (χ1n) is 7.62. The van der Waals surface area contributed by atoms with Crippen molar-refractivity contribution in [3.8, 4) is 0 Å². The lowest BCUT2D eigenvalue weighted by atomic mass is 9.71. The molecular formula is C15H26O5. The van der Waals surface area contributed by atoms with Crippen molar-refractivity contribution in [2.45, 2.75) is 76.3 Å². The van der Waals surface area contributed by atoms with Gasteiger partial charge in [-0.25, -0.2) is 4.79 Å². The van der Waals surface area contributed by atoms with Gasteiger partial charge < -0.3 is 20.1 Å². The molecule has 5 heteroatoms. The second-order valence-electron chi connectivity index (χ2n) is 6.79. The lowest BCUT2D eigenvalue weighted by molar-refractivity contribution is -0.273. The number of carboxylic acid groups (broad SMARTS) is 1. The topological polar surface area (TPSA) is 87.0 Å². The second-order valence-corrected chi connectivity index (χ2v) is 6.79. The molecule has 3 N–H and O–H groups in total. The smallest absolute Gasteiger partial charge is 0.335 e. The van der Waals surface area contributed by atoms with Crippen molar-refractivity contribution in [2.75, 3.05) is 0 Å². The summed E-state index contributed by atoms with van der Waals surface area (Å²) >= 11 is 0. The Balaban J connectivity index is 2.04. The van der Waals surface area contributed by atoms with Crippen LogP contribution in [0.5, 0.6) is 0 Å². The van der Waals surface area contributed by atoms with Crippen molar-refractivity contribution < 1.29 is 24.9 Å². The molecule has 2 aliphatic carbocycles. The molecule has 0 aromatic rings. The van der Waals surface area contributed by atoms with E-state index in [0.29, 0.717) is 12.8 Å². The normalized spacial score (nSPS) is 41.3. The van der Waals surface area contributed by atoms with Gasteiger partial charge in [0.1, 0.15) is 0 Å². The molecule has 116 valence electrons. The van der Waals surface area contributed by atoms with E-state index in [1.165, 1.54) is 0 Å². The molecule has 0 aliphatic heterocycles. The zero-order chi connectivity index (χ0) is 15.0. The van der Waals surface area contributed by atoms with Gasteiger partial charge in [0.2, 0.25) is 0 Å². The van der Waals surface area contributed by atoms with Crippen LogP contribution in [0.1, 0.15) is 58.8 Å². The van der Waals surface area contributed by atoms with E-state index in [4.69, 9.17) is 9.84 Å². The summed E-state index contributed by atoms with van der Waals surface area (Å²) < 4.78 is 5.97. The second kappa shape index (κ2) is 5.62. The molecule has 0 saturated heterocycles. The van der Waals surface area contributed by atoms with Crippen molar-refractivity contribution in [1.82, 2.24) is 0 Å². The van der Waals surface area contributed by atoms with Crippen LogP contribution in [-0.4, -0.2) is 38.8 Å². The fourth-order valence-electron chi connectivity index (χ4n) is 3.82. The predicted octanol–water partition coefficient (Wildman–Crippen LogP) is 1.91. The molecule has 0 bridgehead atoms. The SMILES string of the molecule is CC1C[C@](O)(C(=O)O)C[C@@H](C)[C@H]1OC1(O)CCCCC1. The summed E-state index contributed by atoms with van der Waals surface area (Å²) in [5.74, 6) is -2.41. The minimum atomic E-state index is -1.66. The van der Waals surface area contributed by atoms with Crippen LogP contribution in [0.2, 0.25) is 0 Å². The number of carbonyl (C=O) groups is 1. The van der Waals surface area contributed by atoms with E-state index in [1.54, 1.807) is 0 Å². The highest BCUT2D eigenvalue weighted by Gasteiger charge is 2.49.